The molecule has 0 saturated heterocycles. The van der Waals surface area contributed by atoms with E-state index in [0.717, 1.165) is 30.5 Å². The van der Waals surface area contributed by atoms with Crippen LogP contribution in [0.3, 0.4) is 0 Å². The highest BCUT2D eigenvalue weighted by atomic mass is 35.5. The Morgan fingerprint density at radius 1 is 1.19 bits per heavy atom. The maximum absolute atomic E-state index is 14.2. The molecule has 0 amide bonds. The van der Waals surface area contributed by atoms with Crippen LogP contribution in [0.15, 0.2) is 18.2 Å². The Labute approximate surface area is 132 Å². The molecule has 0 bridgehead atoms. The van der Waals surface area contributed by atoms with E-state index < -0.39 is 0 Å². The molecule has 3 rings (SSSR count). The van der Waals surface area contributed by atoms with Crippen LogP contribution in [-0.2, 0) is 6.42 Å². The maximum atomic E-state index is 14.2. The molecule has 3 atom stereocenters. The first kappa shape index (κ1) is 15.3. The van der Waals surface area contributed by atoms with Crippen molar-refractivity contribution in [1.82, 2.24) is 5.32 Å². The molecule has 0 radical (unpaired) electrons. The Balaban J connectivity index is 1.67. The van der Waals surface area contributed by atoms with Gasteiger partial charge in [-0.2, -0.15) is 0 Å². The third-order valence-electron chi connectivity index (χ3n) is 5.16. The van der Waals surface area contributed by atoms with Crippen molar-refractivity contribution in [3.05, 3.63) is 34.6 Å². The Morgan fingerprint density at radius 3 is 2.76 bits per heavy atom. The molecule has 3 heteroatoms. The van der Waals surface area contributed by atoms with Crippen molar-refractivity contribution in [3.63, 3.8) is 0 Å². The lowest BCUT2D eigenvalue weighted by atomic mass is 9.72. The van der Waals surface area contributed by atoms with Gasteiger partial charge in [-0.05, 0) is 68.0 Å². The van der Waals surface area contributed by atoms with Gasteiger partial charge in [0.15, 0.2) is 0 Å². The summed E-state index contributed by atoms with van der Waals surface area (Å²) in [7, 11) is 0. The summed E-state index contributed by atoms with van der Waals surface area (Å²) in [6.45, 7) is 3.43. The summed E-state index contributed by atoms with van der Waals surface area (Å²) >= 11 is 5.92. The van der Waals surface area contributed by atoms with Gasteiger partial charge in [0.2, 0.25) is 0 Å². The summed E-state index contributed by atoms with van der Waals surface area (Å²) in [5.74, 6) is 1.80. The van der Waals surface area contributed by atoms with E-state index in [1.54, 1.807) is 6.07 Å². The standard InChI is InChI=1S/C18H25ClFN/c1-12-5-6-14(11-21-16-7-8-16)15(9-12)10-13-3-2-4-17(19)18(13)20/h2-4,12,14-16,21H,5-11H2,1H3. The fourth-order valence-electron chi connectivity index (χ4n) is 3.67. The van der Waals surface area contributed by atoms with Crippen molar-refractivity contribution in [1.29, 1.82) is 0 Å². The highest BCUT2D eigenvalue weighted by Crippen LogP contribution is 2.37. The van der Waals surface area contributed by atoms with E-state index in [1.807, 2.05) is 12.1 Å². The van der Waals surface area contributed by atoms with Crippen molar-refractivity contribution in [3.8, 4) is 0 Å². The number of nitrogens with one attached hydrogen (secondary N) is 1. The second-order valence-corrected chi connectivity index (χ2v) is 7.45. The zero-order chi connectivity index (χ0) is 14.8. The summed E-state index contributed by atoms with van der Waals surface area (Å²) < 4.78 is 14.2. The van der Waals surface area contributed by atoms with Crippen LogP contribution in [0.5, 0.6) is 0 Å². The molecule has 2 aliphatic carbocycles. The van der Waals surface area contributed by atoms with Gasteiger partial charge in [0, 0.05) is 6.04 Å². The van der Waals surface area contributed by atoms with Gasteiger partial charge in [0.1, 0.15) is 5.82 Å². The molecule has 1 nitrogen and oxygen atoms in total. The molecule has 2 aliphatic rings. The number of hydrogen-bond acceptors (Lipinski definition) is 1. The average Bonchev–Trinajstić information content (AvgIpc) is 3.27. The normalized spacial score (nSPS) is 29.6. The fourth-order valence-corrected chi connectivity index (χ4v) is 3.87. The Bertz CT molecular complexity index is 486. The molecule has 116 valence electrons. The quantitative estimate of drug-likeness (QED) is 0.821. The summed E-state index contributed by atoms with van der Waals surface area (Å²) in [4.78, 5) is 0. The molecular formula is C18H25ClFN. The molecule has 1 aromatic rings. The lowest BCUT2D eigenvalue weighted by Crippen LogP contribution is -2.34. The first-order chi connectivity index (χ1) is 10.1. The van der Waals surface area contributed by atoms with E-state index in [0.29, 0.717) is 11.8 Å². The van der Waals surface area contributed by atoms with Crippen LogP contribution in [0.25, 0.3) is 0 Å². The number of hydrogen-bond donors (Lipinski definition) is 1. The Hall–Kier alpha value is -0.600. The minimum Gasteiger partial charge on any atom is -0.314 e. The van der Waals surface area contributed by atoms with Crippen LogP contribution in [0, 0.1) is 23.6 Å². The number of rotatable bonds is 5. The second-order valence-electron chi connectivity index (χ2n) is 7.04. The summed E-state index contributed by atoms with van der Waals surface area (Å²) in [6, 6.07) is 6.15. The van der Waals surface area contributed by atoms with Crippen LogP contribution in [0.4, 0.5) is 4.39 Å². The highest BCUT2D eigenvalue weighted by molar-refractivity contribution is 6.30. The molecule has 2 fully saturated rings. The van der Waals surface area contributed by atoms with Gasteiger partial charge in [-0.3, -0.25) is 0 Å². The lowest BCUT2D eigenvalue weighted by Gasteiger charge is -2.35. The van der Waals surface area contributed by atoms with Gasteiger partial charge < -0.3 is 5.32 Å². The zero-order valence-corrected chi connectivity index (χ0v) is 13.5. The SMILES string of the molecule is CC1CCC(CNC2CC2)C(Cc2cccc(Cl)c2F)C1. The van der Waals surface area contributed by atoms with Gasteiger partial charge in [-0.1, -0.05) is 37.1 Å². The molecule has 2 saturated carbocycles. The zero-order valence-electron chi connectivity index (χ0n) is 12.7. The van der Waals surface area contributed by atoms with E-state index in [2.05, 4.69) is 12.2 Å². The molecular weight excluding hydrogens is 285 g/mol. The fraction of sp³-hybridized carbons (Fsp3) is 0.667. The first-order valence-electron chi connectivity index (χ1n) is 8.29. The largest absolute Gasteiger partial charge is 0.314 e. The smallest absolute Gasteiger partial charge is 0.144 e. The van der Waals surface area contributed by atoms with Crippen molar-refractivity contribution in [2.45, 2.75) is 51.5 Å². The Morgan fingerprint density at radius 2 is 2.00 bits per heavy atom. The second kappa shape index (κ2) is 6.66. The molecule has 21 heavy (non-hydrogen) atoms. The number of halogens is 2. The summed E-state index contributed by atoms with van der Waals surface area (Å²) in [5.41, 5.74) is 0.790. The highest BCUT2D eigenvalue weighted by Gasteiger charge is 2.31. The molecule has 0 aliphatic heterocycles. The van der Waals surface area contributed by atoms with Gasteiger partial charge in [-0.15, -0.1) is 0 Å². The summed E-state index contributed by atoms with van der Waals surface area (Å²) in [6.07, 6.45) is 7.28. The van der Waals surface area contributed by atoms with Crippen molar-refractivity contribution < 1.29 is 4.39 Å². The topological polar surface area (TPSA) is 12.0 Å². The van der Waals surface area contributed by atoms with Gasteiger partial charge in [-0.25, -0.2) is 4.39 Å². The van der Waals surface area contributed by atoms with Crippen LogP contribution >= 0.6 is 11.6 Å². The number of benzene rings is 1. The van der Waals surface area contributed by atoms with Crippen LogP contribution in [0.2, 0.25) is 5.02 Å². The van der Waals surface area contributed by atoms with Crippen LogP contribution < -0.4 is 5.32 Å². The predicted molar refractivity (Wildman–Crippen MR) is 86.1 cm³/mol. The third-order valence-corrected chi connectivity index (χ3v) is 5.45. The Kier molecular flexibility index (Phi) is 4.85. The predicted octanol–water partition coefficient (Wildman–Crippen LogP) is 4.83. The minimum atomic E-state index is -0.216. The van der Waals surface area contributed by atoms with E-state index >= 15 is 0 Å². The van der Waals surface area contributed by atoms with Crippen molar-refractivity contribution in [2.24, 2.45) is 17.8 Å². The van der Waals surface area contributed by atoms with Gasteiger partial charge >= 0.3 is 0 Å². The van der Waals surface area contributed by atoms with Crippen LogP contribution in [0.1, 0.15) is 44.6 Å². The molecule has 1 N–H and O–H groups in total. The van der Waals surface area contributed by atoms with Gasteiger partial charge in [0.05, 0.1) is 5.02 Å². The molecule has 1 aromatic carbocycles. The van der Waals surface area contributed by atoms with Crippen molar-refractivity contribution >= 4 is 11.6 Å². The average molecular weight is 310 g/mol. The maximum Gasteiger partial charge on any atom is 0.144 e. The first-order valence-corrected chi connectivity index (χ1v) is 8.67. The molecule has 0 heterocycles. The molecule has 0 aromatic heterocycles. The van der Waals surface area contributed by atoms with E-state index in [4.69, 9.17) is 11.6 Å². The van der Waals surface area contributed by atoms with Crippen molar-refractivity contribution in [2.75, 3.05) is 6.54 Å². The van der Waals surface area contributed by atoms with Gasteiger partial charge in [0.25, 0.3) is 0 Å². The molecule has 3 unspecified atom stereocenters. The third kappa shape index (κ3) is 3.98. The lowest BCUT2D eigenvalue weighted by molar-refractivity contribution is 0.182. The van der Waals surface area contributed by atoms with E-state index in [-0.39, 0.29) is 10.8 Å². The minimum absolute atomic E-state index is 0.216. The van der Waals surface area contributed by atoms with E-state index in [9.17, 15) is 4.39 Å². The molecule has 0 spiro atoms. The monoisotopic (exact) mass is 309 g/mol. The van der Waals surface area contributed by atoms with Crippen LogP contribution in [-0.4, -0.2) is 12.6 Å². The summed E-state index contributed by atoms with van der Waals surface area (Å²) in [5, 5.41) is 3.92. The van der Waals surface area contributed by atoms with E-state index in [1.165, 1.54) is 32.1 Å².